The van der Waals surface area contributed by atoms with E-state index in [1.807, 2.05) is 49.4 Å². The van der Waals surface area contributed by atoms with Crippen LogP contribution in [0.5, 0.6) is 17.2 Å². The number of carbonyl (C=O) groups excluding carboxylic acids is 1. The third kappa shape index (κ3) is 3.59. The van der Waals surface area contributed by atoms with Gasteiger partial charge in [0.1, 0.15) is 22.8 Å². The Morgan fingerprint density at radius 2 is 1.62 bits per heavy atom. The molecule has 2 unspecified atom stereocenters. The molecule has 2 atom stereocenters. The summed E-state index contributed by atoms with van der Waals surface area (Å²) in [7, 11) is 1.64. The van der Waals surface area contributed by atoms with Crippen molar-refractivity contribution in [2.75, 3.05) is 13.7 Å². The van der Waals surface area contributed by atoms with Crippen molar-refractivity contribution in [1.29, 1.82) is 0 Å². The summed E-state index contributed by atoms with van der Waals surface area (Å²) in [6.07, 6.45) is 7.69. The second-order valence-corrected chi connectivity index (χ2v) is 10.6. The molecular formula is C28H32O6. The van der Waals surface area contributed by atoms with Gasteiger partial charge < -0.3 is 23.7 Å². The molecule has 2 heterocycles. The molecule has 34 heavy (non-hydrogen) atoms. The Morgan fingerprint density at radius 3 is 2.24 bits per heavy atom. The van der Waals surface area contributed by atoms with Gasteiger partial charge in [-0.3, -0.25) is 4.79 Å². The Kier molecular flexibility index (Phi) is 5.34. The van der Waals surface area contributed by atoms with Gasteiger partial charge in [0.05, 0.1) is 30.9 Å². The van der Waals surface area contributed by atoms with E-state index in [2.05, 4.69) is 0 Å². The van der Waals surface area contributed by atoms with Crippen LogP contribution in [-0.4, -0.2) is 31.9 Å². The van der Waals surface area contributed by atoms with Crippen LogP contribution < -0.4 is 9.47 Å². The van der Waals surface area contributed by atoms with E-state index in [4.69, 9.17) is 23.7 Å². The smallest absolute Gasteiger partial charge is 0.293 e. The largest absolute Gasteiger partial charge is 0.497 e. The number of ether oxygens (including phenoxy) is 5. The summed E-state index contributed by atoms with van der Waals surface area (Å²) in [5.41, 5.74) is 1.73. The van der Waals surface area contributed by atoms with Crippen molar-refractivity contribution in [2.24, 2.45) is 17.8 Å². The SMILES string of the molecule is COc1ccc2c(c1)C1(OCC(C)O1)c1ccccc1O2.O=COC12CC3CC(CC(C3)C1)C2. The van der Waals surface area contributed by atoms with Gasteiger partial charge in [0, 0.05) is 0 Å². The summed E-state index contributed by atoms with van der Waals surface area (Å²) in [4.78, 5) is 10.5. The Bertz CT molecular complexity index is 1050. The van der Waals surface area contributed by atoms with Crippen molar-refractivity contribution in [3.05, 3.63) is 53.6 Å². The van der Waals surface area contributed by atoms with Crippen LogP contribution in [0.1, 0.15) is 56.6 Å². The van der Waals surface area contributed by atoms with Crippen molar-refractivity contribution >= 4 is 6.47 Å². The zero-order chi connectivity index (χ0) is 23.3. The lowest BCUT2D eigenvalue weighted by Gasteiger charge is -2.55. The molecule has 2 aliphatic heterocycles. The number of hydrogen-bond acceptors (Lipinski definition) is 6. The van der Waals surface area contributed by atoms with Crippen molar-refractivity contribution in [3.63, 3.8) is 0 Å². The van der Waals surface area contributed by atoms with E-state index in [1.165, 1.54) is 19.3 Å². The normalized spacial score (nSPS) is 36.1. The topological polar surface area (TPSA) is 63.2 Å². The van der Waals surface area contributed by atoms with E-state index in [-0.39, 0.29) is 11.7 Å². The van der Waals surface area contributed by atoms with Crippen LogP contribution in [0, 0.1) is 17.8 Å². The summed E-state index contributed by atoms with van der Waals surface area (Å²) in [5, 5.41) is 0. The molecule has 4 aliphatic carbocycles. The first kappa shape index (κ1) is 21.9. The molecule has 4 bridgehead atoms. The van der Waals surface area contributed by atoms with E-state index in [0.717, 1.165) is 65.4 Å². The van der Waals surface area contributed by atoms with Gasteiger partial charge in [-0.15, -0.1) is 0 Å². The molecule has 0 N–H and O–H groups in total. The van der Waals surface area contributed by atoms with Crippen LogP contribution in [0.4, 0.5) is 0 Å². The van der Waals surface area contributed by atoms with Crippen molar-refractivity contribution in [2.45, 2.75) is 62.9 Å². The van der Waals surface area contributed by atoms with Crippen LogP contribution in [0.25, 0.3) is 0 Å². The summed E-state index contributed by atoms with van der Waals surface area (Å²) in [6, 6.07) is 13.5. The second kappa shape index (κ2) is 8.28. The minimum atomic E-state index is -0.905. The molecule has 8 rings (SSSR count). The lowest BCUT2D eigenvalue weighted by atomic mass is 9.54. The fourth-order valence-corrected chi connectivity index (χ4v) is 7.22. The Labute approximate surface area is 200 Å². The van der Waals surface area contributed by atoms with E-state index in [1.54, 1.807) is 7.11 Å². The molecule has 1 spiro atoms. The molecule has 0 radical (unpaired) electrons. The molecule has 6 heteroatoms. The molecule has 6 aliphatic rings. The van der Waals surface area contributed by atoms with Crippen LogP contribution in [-0.2, 0) is 24.8 Å². The Balaban J connectivity index is 0.000000143. The van der Waals surface area contributed by atoms with Crippen molar-refractivity contribution in [1.82, 2.24) is 0 Å². The van der Waals surface area contributed by atoms with E-state index < -0.39 is 5.79 Å². The molecular weight excluding hydrogens is 432 g/mol. The third-order valence-electron chi connectivity index (χ3n) is 8.17. The summed E-state index contributed by atoms with van der Waals surface area (Å²) < 4.78 is 28.9. The predicted molar refractivity (Wildman–Crippen MR) is 125 cm³/mol. The first-order valence-electron chi connectivity index (χ1n) is 12.4. The number of methoxy groups -OCH3 is 1. The second-order valence-electron chi connectivity index (χ2n) is 10.6. The highest BCUT2D eigenvalue weighted by molar-refractivity contribution is 5.56. The standard InChI is InChI=1S/C17H16O4.C11H16O2/c1-11-10-19-17(21-11)13-5-3-4-6-15(13)20-16-8-7-12(18-2)9-14(16)17;12-7-13-11-4-8-1-9(5-11)3-10(2-8)6-11/h3-9,11H,10H2,1-2H3;7-10H,1-6H2. The van der Waals surface area contributed by atoms with E-state index in [9.17, 15) is 4.79 Å². The number of rotatable bonds is 3. The summed E-state index contributed by atoms with van der Waals surface area (Å²) in [6.45, 7) is 3.23. The third-order valence-corrected chi connectivity index (χ3v) is 8.17. The van der Waals surface area contributed by atoms with Gasteiger partial charge in [0.25, 0.3) is 6.47 Å². The van der Waals surface area contributed by atoms with Gasteiger partial charge in [-0.1, -0.05) is 12.1 Å². The minimum absolute atomic E-state index is 0.0174. The summed E-state index contributed by atoms with van der Waals surface area (Å²) >= 11 is 0. The fourth-order valence-electron chi connectivity index (χ4n) is 7.22. The van der Waals surface area contributed by atoms with Crippen LogP contribution >= 0.6 is 0 Å². The Morgan fingerprint density at radius 1 is 0.941 bits per heavy atom. The first-order valence-corrected chi connectivity index (χ1v) is 12.4. The number of fused-ring (bicyclic) bond motifs is 4. The molecule has 180 valence electrons. The van der Waals surface area contributed by atoms with Gasteiger partial charge in [-0.25, -0.2) is 0 Å². The molecule has 4 saturated carbocycles. The molecule has 2 aromatic carbocycles. The van der Waals surface area contributed by atoms with Crippen LogP contribution in [0.2, 0.25) is 0 Å². The maximum Gasteiger partial charge on any atom is 0.293 e. The lowest BCUT2D eigenvalue weighted by Crippen LogP contribution is -2.51. The zero-order valence-corrected chi connectivity index (χ0v) is 19.8. The van der Waals surface area contributed by atoms with Gasteiger partial charge in [0.2, 0.25) is 5.79 Å². The number of carbonyl (C=O) groups is 1. The number of benzene rings is 2. The average molecular weight is 465 g/mol. The van der Waals surface area contributed by atoms with Gasteiger partial charge >= 0.3 is 0 Å². The zero-order valence-electron chi connectivity index (χ0n) is 19.8. The van der Waals surface area contributed by atoms with Gasteiger partial charge in [-0.2, -0.15) is 0 Å². The van der Waals surface area contributed by atoms with Gasteiger partial charge in [-0.05, 0) is 93.5 Å². The van der Waals surface area contributed by atoms with Crippen molar-refractivity contribution < 1.29 is 28.5 Å². The lowest BCUT2D eigenvalue weighted by molar-refractivity contribution is -0.172. The molecule has 5 fully saturated rings. The Hall–Kier alpha value is -2.57. The first-order chi connectivity index (χ1) is 16.5. The fraction of sp³-hybridized carbons (Fsp3) is 0.536. The van der Waals surface area contributed by atoms with E-state index in [0.29, 0.717) is 13.1 Å². The summed E-state index contributed by atoms with van der Waals surface area (Å²) in [5.74, 6) is 3.96. The van der Waals surface area contributed by atoms with E-state index >= 15 is 0 Å². The molecule has 1 saturated heterocycles. The molecule has 0 aromatic heterocycles. The number of hydrogen-bond donors (Lipinski definition) is 0. The maximum atomic E-state index is 10.5. The van der Waals surface area contributed by atoms with Crippen molar-refractivity contribution in [3.8, 4) is 17.2 Å². The van der Waals surface area contributed by atoms with Crippen LogP contribution in [0.15, 0.2) is 42.5 Å². The predicted octanol–water partition coefficient (Wildman–Crippen LogP) is 5.57. The minimum Gasteiger partial charge on any atom is -0.497 e. The maximum absolute atomic E-state index is 10.5. The quantitative estimate of drug-likeness (QED) is 0.554. The van der Waals surface area contributed by atoms with Gasteiger partial charge in [0.15, 0.2) is 0 Å². The monoisotopic (exact) mass is 464 g/mol. The highest BCUT2D eigenvalue weighted by Crippen LogP contribution is 2.57. The highest BCUT2D eigenvalue weighted by Gasteiger charge is 2.52. The highest BCUT2D eigenvalue weighted by atomic mass is 16.7. The molecule has 6 nitrogen and oxygen atoms in total. The molecule has 0 amide bonds. The van der Waals surface area contributed by atoms with Crippen LogP contribution in [0.3, 0.4) is 0 Å². The average Bonchev–Trinajstić information content (AvgIpc) is 3.21. The molecule has 2 aromatic rings. The number of para-hydroxylation sites is 1.